The second-order valence-corrected chi connectivity index (χ2v) is 7.97. The van der Waals surface area contributed by atoms with Crippen LogP contribution in [0.2, 0.25) is 0 Å². The first-order valence-electron chi connectivity index (χ1n) is 9.31. The van der Waals surface area contributed by atoms with Crippen molar-refractivity contribution in [3.63, 3.8) is 0 Å². The molecule has 0 aliphatic heterocycles. The highest BCUT2D eigenvalue weighted by atomic mass is 32.2. The first-order chi connectivity index (χ1) is 14.6. The van der Waals surface area contributed by atoms with Crippen molar-refractivity contribution in [1.82, 2.24) is 19.4 Å². The van der Waals surface area contributed by atoms with Crippen molar-refractivity contribution in [2.24, 2.45) is 0 Å². The Kier molecular flexibility index (Phi) is 5.28. The summed E-state index contributed by atoms with van der Waals surface area (Å²) < 4.78 is 3.48. The van der Waals surface area contributed by atoms with E-state index >= 15 is 0 Å². The second kappa shape index (κ2) is 8.03. The molecule has 0 saturated heterocycles. The number of aliphatic hydroxyl groups excluding tert-OH is 1. The van der Waals surface area contributed by atoms with Gasteiger partial charge in [0.1, 0.15) is 12.1 Å². The molecule has 0 radical (unpaired) electrons. The van der Waals surface area contributed by atoms with Crippen LogP contribution in [-0.2, 0) is 0 Å². The topological polar surface area (TPSA) is 103 Å². The molecule has 0 aliphatic rings. The molecule has 1 N–H and O–H groups in total. The summed E-state index contributed by atoms with van der Waals surface area (Å²) in [6.07, 6.45) is 5.19. The van der Waals surface area contributed by atoms with Gasteiger partial charge in [-0.2, -0.15) is 20.7 Å². The third-order valence-corrected chi connectivity index (χ3v) is 6.07. The zero-order valence-electron chi connectivity index (χ0n) is 16.4. The van der Waals surface area contributed by atoms with Gasteiger partial charge in [-0.15, -0.1) is 0 Å². The summed E-state index contributed by atoms with van der Waals surface area (Å²) in [6.45, 7) is 3.86. The summed E-state index contributed by atoms with van der Waals surface area (Å²) in [4.78, 5) is 1.64. The lowest BCUT2D eigenvalue weighted by molar-refractivity contribution is 0.228. The van der Waals surface area contributed by atoms with Gasteiger partial charge in [0.2, 0.25) is 0 Å². The van der Waals surface area contributed by atoms with E-state index in [0.29, 0.717) is 16.6 Å². The van der Waals surface area contributed by atoms with E-state index in [-0.39, 0.29) is 12.6 Å². The van der Waals surface area contributed by atoms with Crippen molar-refractivity contribution < 1.29 is 5.11 Å². The second-order valence-electron chi connectivity index (χ2n) is 6.89. The minimum atomic E-state index is -0.131. The van der Waals surface area contributed by atoms with E-state index in [9.17, 15) is 15.6 Å². The molecule has 0 aliphatic carbocycles. The highest BCUT2D eigenvalue weighted by molar-refractivity contribution is 7.99. The van der Waals surface area contributed by atoms with Crippen LogP contribution in [0.5, 0.6) is 0 Å². The van der Waals surface area contributed by atoms with E-state index in [1.165, 1.54) is 11.8 Å². The van der Waals surface area contributed by atoms with Crippen molar-refractivity contribution in [2.75, 3.05) is 6.61 Å². The maximum Gasteiger partial charge on any atom is 0.103 e. The van der Waals surface area contributed by atoms with Crippen LogP contribution in [0.4, 0.5) is 0 Å². The Hall–Kier alpha value is -3.59. The van der Waals surface area contributed by atoms with E-state index in [0.717, 1.165) is 26.6 Å². The van der Waals surface area contributed by atoms with Gasteiger partial charge < -0.3 is 5.11 Å². The fourth-order valence-corrected chi connectivity index (χ4v) is 4.48. The van der Waals surface area contributed by atoms with Crippen LogP contribution in [0.3, 0.4) is 0 Å². The van der Waals surface area contributed by atoms with Crippen molar-refractivity contribution in [3.8, 4) is 23.3 Å². The lowest BCUT2D eigenvalue weighted by atomic mass is 10.1. The molecule has 30 heavy (non-hydrogen) atoms. The molecule has 0 spiro atoms. The Bertz CT molecular complexity index is 1320. The van der Waals surface area contributed by atoms with Crippen LogP contribution in [0.25, 0.3) is 16.6 Å². The Morgan fingerprint density at radius 2 is 1.87 bits per heavy atom. The number of aliphatic hydroxyl groups is 1. The molecule has 0 fully saturated rings. The number of aromatic nitrogens is 4. The summed E-state index contributed by atoms with van der Waals surface area (Å²) in [5, 5.41) is 37.3. The maximum absolute atomic E-state index is 9.54. The van der Waals surface area contributed by atoms with E-state index in [1.807, 2.05) is 44.3 Å². The molecular formula is C22H18N6OS. The summed E-state index contributed by atoms with van der Waals surface area (Å²) in [5.74, 6) is 0. The Balaban J connectivity index is 1.90. The lowest BCUT2D eigenvalue weighted by Gasteiger charge is -2.12. The molecule has 3 heterocycles. The minimum Gasteiger partial charge on any atom is -0.394 e. The van der Waals surface area contributed by atoms with Gasteiger partial charge in [0.05, 0.1) is 41.7 Å². The largest absolute Gasteiger partial charge is 0.394 e. The molecule has 7 nitrogen and oxygen atoms in total. The molecule has 148 valence electrons. The van der Waals surface area contributed by atoms with E-state index in [1.54, 1.807) is 27.7 Å². The number of nitrogens with zero attached hydrogens (tertiary/aromatic N) is 6. The molecule has 0 bridgehead atoms. The number of hydrogen-bond acceptors (Lipinski definition) is 6. The molecule has 0 amide bonds. The highest BCUT2D eigenvalue weighted by Gasteiger charge is 2.18. The molecule has 3 aromatic heterocycles. The minimum absolute atomic E-state index is 0.00226. The Morgan fingerprint density at radius 1 is 1.10 bits per heavy atom. The van der Waals surface area contributed by atoms with E-state index in [4.69, 9.17) is 0 Å². The molecule has 0 unspecified atom stereocenters. The smallest absolute Gasteiger partial charge is 0.103 e. The number of hydrogen-bond donors (Lipinski definition) is 1. The standard InChI is InChI=1S/C22H18N6OS/c1-14(13-29)28-15(2)19(11-26-28)17-7-21(22-18(9-24)10-25-27(22)12-17)30-20-6-4-3-5-16(20)8-23/h3-7,10-12,14,29H,13H2,1-2H3/t14-/m1/s1. The van der Waals surface area contributed by atoms with Crippen LogP contribution in [0.15, 0.2) is 58.7 Å². The van der Waals surface area contributed by atoms with E-state index < -0.39 is 0 Å². The molecule has 4 rings (SSSR count). The van der Waals surface area contributed by atoms with Gasteiger partial charge in [-0.25, -0.2) is 4.52 Å². The van der Waals surface area contributed by atoms with Gasteiger partial charge >= 0.3 is 0 Å². The van der Waals surface area contributed by atoms with Gasteiger partial charge in [0.15, 0.2) is 0 Å². The van der Waals surface area contributed by atoms with Crippen molar-refractivity contribution in [3.05, 3.63) is 65.7 Å². The van der Waals surface area contributed by atoms with Crippen LogP contribution in [-0.4, -0.2) is 31.1 Å². The fourth-order valence-electron chi connectivity index (χ4n) is 3.39. The van der Waals surface area contributed by atoms with Crippen LogP contribution < -0.4 is 0 Å². The summed E-state index contributed by atoms with van der Waals surface area (Å²) in [5.41, 5.74) is 4.48. The van der Waals surface area contributed by atoms with Gasteiger partial charge in [-0.05, 0) is 32.0 Å². The first kappa shape index (κ1) is 19.7. The maximum atomic E-state index is 9.54. The third-order valence-electron chi connectivity index (χ3n) is 4.96. The van der Waals surface area contributed by atoms with Crippen molar-refractivity contribution >= 4 is 17.3 Å². The zero-order valence-corrected chi connectivity index (χ0v) is 17.3. The average molecular weight is 414 g/mol. The predicted octanol–water partition coefficient (Wildman–Crippen LogP) is 3.95. The molecule has 8 heteroatoms. The first-order valence-corrected chi connectivity index (χ1v) is 10.1. The number of pyridine rings is 1. The zero-order chi connectivity index (χ0) is 21.3. The molecular weight excluding hydrogens is 396 g/mol. The third kappa shape index (κ3) is 3.33. The fraction of sp³-hybridized carbons (Fsp3) is 0.182. The number of rotatable bonds is 5. The number of benzene rings is 1. The van der Waals surface area contributed by atoms with Crippen LogP contribution >= 0.6 is 11.8 Å². The van der Waals surface area contributed by atoms with E-state index in [2.05, 4.69) is 22.3 Å². The highest BCUT2D eigenvalue weighted by Crippen LogP contribution is 2.37. The van der Waals surface area contributed by atoms with Crippen LogP contribution in [0.1, 0.15) is 29.8 Å². The number of nitriles is 2. The molecule has 0 saturated carbocycles. The average Bonchev–Trinajstić information content (AvgIpc) is 3.36. The quantitative estimate of drug-likeness (QED) is 0.530. The van der Waals surface area contributed by atoms with Crippen molar-refractivity contribution in [2.45, 2.75) is 29.7 Å². The molecule has 4 aromatic rings. The Morgan fingerprint density at radius 3 is 2.60 bits per heavy atom. The van der Waals surface area contributed by atoms with Gasteiger partial charge in [-0.1, -0.05) is 23.9 Å². The molecule has 1 atom stereocenters. The van der Waals surface area contributed by atoms with Crippen LogP contribution in [0, 0.1) is 29.6 Å². The molecule has 1 aromatic carbocycles. The van der Waals surface area contributed by atoms with Gasteiger partial charge in [0.25, 0.3) is 0 Å². The summed E-state index contributed by atoms with van der Waals surface area (Å²) in [7, 11) is 0. The van der Waals surface area contributed by atoms with Gasteiger partial charge in [0, 0.05) is 32.8 Å². The number of fused-ring (bicyclic) bond motifs is 1. The lowest BCUT2D eigenvalue weighted by Crippen LogP contribution is -2.12. The monoisotopic (exact) mass is 414 g/mol. The summed E-state index contributed by atoms with van der Waals surface area (Å²) >= 11 is 1.43. The summed E-state index contributed by atoms with van der Waals surface area (Å²) in [6, 6.07) is 13.7. The van der Waals surface area contributed by atoms with Gasteiger partial charge in [-0.3, -0.25) is 4.68 Å². The normalized spacial score (nSPS) is 11.9. The SMILES string of the molecule is Cc1c(-c2cc(Sc3ccccc3C#N)c3c(C#N)cnn3c2)cnn1[C@H](C)CO. The van der Waals surface area contributed by atoms with Crippen molar-refractivity contribution in [1.29, 1.82) is 10.5 Å². The Labute approximate surface area is 177 Å². The predicted molar refractivity (Wildman–Crippen MR) is 113 cm³/mol.